The highest BCUT2D eigenvalue weighted by Gasteiger charge is 2.17. The summed E-state index contributed by atoms with van der Waals surface area (Å²) in [7, 11) is 0. The summed E-state index contributed by atoms with van der Waals surface area (Å²) in [4.78, 5) is 31.0. The number of nitrogens with one attached hydrogen (secondary N) is 2. The predicted molar refractivity (Wildman–Crippen MR) is 95.0 cm³/mol. The summed E-state index contributed by atoms with van der Waals surface area (Å²) >= 11 is 1.35. The predicted octanol–water partition coefficient (Wildman–Crippen LogP) is 2.78. The average Bonchev–Trinajstić information content (AvgIpc) is 2.97. The lowest BCUT2D eigenvalue weighted by molar-refractivity contribution is -0.115. The van der Waals surface area contributed by atoms with E-state index in [9.17, 15) is 9.59 Å². The number of hydrogen-bond donors (Lipinski definition) is 3. The number of nitrogens with two attached hydrogens (primary N) is 1. The van der Waals surface area contributed by atoms with Gasteiger partial charge in [-0.25, -0.2) is 4.98 Å². The third kappa shape index (κ3) is 3.57. The van der Waals surface area contributed by atoms with Crippen LogP contribution in [-0.2, 0) is 4.79 Å². The van der Waals surface area contributed by atoms with Crippen molar-refractivity contribution in [1.82, 2.24) is 9.97 Å². The summed E-state index contributed by atoms with van der Waals surface area (Å²) in [5.74, 6) is -0.644. The lowest BCUT2D eigenvalue weighted by atomic mass is 10.2. The molecule has 122 valence electrons. The molecule has 0 radical (unpaired) electrons. The second-order valence-corrected chi connectivity index (χ2v) is 6.58. The summed E-state index contributed by atoms with van der Waals surface area (Å²) in [6.45, 7) is 1.81. The van der Waals surface area contributed by atoms with E-state index in [4.69, 9.17) is 5.73 Å². The van der Waals surface area contributed by atoms with Gasteiger partial charge in [0.25, 0.3) is 0 Å². The molecule has 0 aliphatic heterocycles. The molecule has 0 aliphatic carbocycles. The summed E-state index contributed by atoms with van der Waals surface area (Å²) in [6, 6.07) is 14.2. The van der Waals surface area contributed by atoms with Crippen molar-refractivity contribution in [1.29, 1.82) is 0 Å². The van der Waals surface area contributed by atoms with E-state index in [-0.39, 0.29) is 11.2 Å². The number of carbonyl (C=O) groups excluding carboxylic acids is 2. The molecule has 1 atom stereocenters. The first-order valence-electron chi connectivity index (χ1n) is 7.35. The fourth-order valence-electron chi connectivity index (χ4n) is 2.17. The van der Waals surface area contributed by atoms with Crippen LogP contribution in [0.5, 0.6) is 0 Å². The molecule has 2 amide bonds. The van der Waals surface area contributed by atoms with E-state index in [0.717, 1.165) is 11.0 Å². The lowest BCUT2D eigenvalue weighted by Gasteiger charge is -2.10. The van der Waals surface area contributed by atoms with Gasteiger partial charge in [0.2, 0.25) is 11.8 Å². The van der Waals surface area contributed by atoms with Crippen molar-refractivity contribution in [3.05, 3.63) is 54.1 Å². The van der Waals surface area contributed by atoms with E-state index in [2.05, 4.69) is 15.3 Å². The van der Waals surface area contributed by atoms with Gasteiger partial charge < -0.3 is 16.0 Å². The molecule has 0 unspecified atom stereocenters. The van der Waals surface area contributed by atoms with Gasteiger partial charge in [0, 0.05) is 11.3 Å². The van der Waals surface area contributed by atoms with Gasteiger partial charge in [0.05, 0.1) is 16.3 Å². The highest BCUT2D eigenvalue weighted by atomic mass is 32.2. The number of amides is 2. The molecule has 3 rings (SSSR count). The first-order valence-corrected chi connectivity index (χ1v) is 8.23. The average molecular weight is 340 g/mol. The summed E-state index contributed by atoms with van der Waals surface area (Å²) in [5, 5.41) is 3.17. The van der Waals surface area contributed by atoms with Crippen molar-refractivity contribution >= 4 is 40.3 Å². The number of aromatic amines is 1. The van der Waals surface area contributed by atoms with Gasteiger partial charge in [-0.15, -0.1) is 0 Å². The van der Waals surface area contributed by atoms with Gasteiger partial charge in [-0.3, -0.25) is 9.59 Å². The molecule has 0 spiro atoms. The highest BCUT2D eigenvalue weighted by molar-refractivity contribution is 8.00. The fourth-order valence-corrected chi connectivity index (χ4v) is 2.99. The van der Waals surface area contributed by atoms with E-state index < -0.39 is 5.91 Å². The van der Waals surface area contributed by atoms with Crippen molar-refractivity contribution in [2.75, 3.05) is 5.32 Å². The first kappa shape index (κ1) is 16.1. The maximum Gasteiger partial charge on any atom is 0.248 e. The summed E-state index contributed by atoms with van der Waals surface area (Å²) in [5.41, 5.74) is 8.01. The Bertz CT molecular complexity index is 856. The van der Waals surface area contributed by atoms with Crippen LogP contribution in [-0.4, -0.2) is 27.0 Å². The number of aromatic nitrogens is 2. The number of anilines is 1. The standard InChI is InChI=1S/C17H16N4O2S/c1-10(24-17-20-13-4-2-3-5-14(13)21-17)16(23)19-12-8-6-11(7-9-12)15(18)22/h2-10H,1H3,(H2,18,22)(H,19,23)(H,20,21)/t10-/m1/s1. The molecule has 2 aromatic carbocycles. The molecular weight excluding hydrogens is 324 g/mol. The number of primary amides is 1. The molecule has 4 N–H and O–H groups in total. The molecule has 7 heteroatoms. The number of para-hydroxylation sites is 2. The third-order valence-corrected chi connectivity index (χ3v) is 4.45. The largest absolute Gasteiger partial charge is 0.366 e. The van der Waals surface area contributed by atoms with E-state index in [1.54, 1.807) is 24.3 Å². The van der Waals surface area contributed by atoms with Crippen molar-refractivity contribution in [2.45, 2.75) is 17.3 Å². The smallest absolute Gasteiger partial charge is 0.248 e. The topological polar surface area (TPSA) is 101 Å². The van der Waals surface area contributed by atoms with Crippen LogP contribution in [0.2, 0.25) is 0 Å². The number of benzene rings is 2. The molecule has 0 saturated carbocycles. The molecule has 0 bridgehead atoms. The van der Waals surface area contributed by atoms with Crippen molar-refractivity contribution in [3.63, 3.8) is 0 Å². The minimum Gasteiger partial charge on any atom is -0.366 e. The molecule has 3 aromatic rings. The molecule has 1 heterocycles. The Morgan fingerprint density at radius 2 is 1.88 bits per heavy atom. The van der Waals surface area contributed by atoms with Crippen molar-refractivity contribution in [3.8, 4) is 0 Å². The molecular formula is C17H16N4O2S. The van der Waals surface area contributed by atoms with Gasteiger partial charge in [-0.1, -0.05) is 23.9 Å². The normalized spacial score (nSPS) is 12.0. The molecule has 0 fully saturated rings. The number of fused-ring (bicyclic) bond motifs is 1. The third-order valence-electron chi connectivity index (χ3n) is 3.46. The zero-order valence-electron chi connectivity index (χ0n) is 12.9. The highest BCUT2D eigenvalue weighted by Crippen LogP contribution is 2.24. The zero-order valence-corrected chi connectivity index (χ0v) is 13.8. The number of hydrogen-bond acceptors (Lipinski definition) is 4. The SMILES string of the molecule is C[C@@H](Sc1nc2ccccc2[nH]1)C(=O)Nc1ccc(C(N)=O)cc1. The van der Waals surface area contributed by atoms with E-state index in [1.807, 2.05) is 31.2 Å². The number of thioether (sulfide) groups is 1. The van der Waals surface area contributed by atoms with Crippen LogP contribution >= 0.6 is 11.8 Å². The maximum absolute atomic E-state index is 12.3. The van der Waals surface area contributed by atoms with Crippen molar-refractivity contribution < 1.29 is 9.59 Å². The Hall–Kier alpha value is -2.80. The fraction of sp³-hybridized carbons (Fsp3) is 0.118. The molecule has 1 aromatic heterocycles. The summed E-state index contributed by atoms with van der Waals surface area (Å²) < 4.78 is 0. The Balaban J connectivity index is 1.64. The van der Waals surface area contributed by atoms with E-state index in [1.165, 1.54) is 11.8 Å². The van der Waals surface area contributed by atoms with Crippen LogP contribution < -0.4 is 11.1 Å². The second-order valence-electron chi connectivity index (χ2n) is 5.25. The maximum atomic E-state index is 12.3. The van der Waals surface area contributed by atoms with Crippen LogP contribution in [0.15, 0.2) is 53.7 Å². The molecule has 24 heavy (non-hydrogen) atoms. The van der Waals surface area contributed by atoms with Gasteiger partial charge in [-0.2, -0.15) is 0 Å². The molecule has 6 nitrogen and oxygen atoms in total. The summed E-state index contributed by atoms with van der Waals surface area (Å²) in [6.07, 6.45) is 0. The zero-order chi connectivity index (χ0) is 17.1. The van der Waals surface area contributed by atoms with E-state index >= 15 is 0 Å². The van der Waals surface area contributed by atoms with Crippen LogP contribution in [0.1, 0.15) is 17.3 Å². The first-order chi connectivity index (χ1) is 11.5. The number of rotatable bonds is 5. The van der Waals surface area contributed by atoms with Crippen LogP contribution in [0.4, 0.5) is 5.69 Å². The minimum atomic E-state index is -0.498. The van der Waals surface area contributed by atoms with Crippen molar-refractivity contribution in [2.24, 2.45) is 5.73 Å². The minimum absolute atomic E-state index is 0.146. The van der Waals surface area contributed by atoms with E-state index in [0.29, 0.717) is 16.4 Å². The van der Waals surface area contributed by atoms with Crippen LogP contribution in [0, 0.1) is 0 Å². The Kier molecular flexibility index (Phi) is 4.52. The van der Waals surface area contributed by atoms with Crippen LogP contribution in [0.3, 0.4) is 0 Å². The number of nitrogens with zero attached hydrogens (tertiary/aromatic N) is 1. The quantitative estimate of drug-likeness (QED) is 0.622. The molecule has 0 saturated heterocycles. The number of carbonyl (C=O) groups is 2. The Morgan fingerprint density at radius 3 is 2.54 bits per heavy atom. The van der Waals surface area contributed by atoms with Gasteiger partial charge >= 0.3 is 0 Å². The second kappa shape index (κ2) is 6.76. The van der Waals surface area contributed by atoms with Gasteiger partial charge in [-0.05, 0) is 43.3 Å². The monoisotopic (exact) mass is 340 g/mol. The van der Waals surface area contributed by atoms with Gasteiger partial charge in [0.15, 0.2) is 5.16 Å². The Labute approximate surface area is 142 Å². The Morgan fingerprint density at radius 1 is 1.17 bits per heavy atom. The lowest BCUT2D eigenvalue weighted by Crippen LogP contribution is -2.22. The van der Waals surface area contributed by atoms with Gasteiger partial charge in [0.1, 0.15) is 0 Å². The number of imidazole rings is 1. The van der Waals surface area contributed by atoms with Crippen LogP contribution in [0.25, 0.3) is 11.0 Å². The number of H-pyrrole nitrogens is 1. The molecule has 0 aliphatic rings.